The topological polar surface area (TPSA) is 52.6 Å². The zero-order valence-electron chi connectivity index (χ0n) is 13.7. The van der Waals surface area contributed by atoms with Crippen LogP contribution in [0.2, 0.25) is 0 Å². The van der Waals surface area contributed by atoms with Gasteiger partial charge in [0.2, 0.25) is 3.79 Å². The van der Waals surface area contributed by atoms with Gasteiger partial charge in [-0.15, -0.1) is 0 Å². The van der Waals surface area contributed by atoms with Gasteiger partial charge >= 0.3 is 5.97 Å². The predicted molar refractivity (Wildman–Crippen MR) is 106 cm³/mol. The summed E-state index contributed by atoms with van der Waals surface area (Å²) in [5, 5.41) is 0. The lowest BCUT2D eigenvalue weighted by Gasteiger charge is -2.08. The molecule has 0 fully saturated rings. The van der Waals surface area contributed by atoms with Crippen LogP contribution in [0.4, 0.5) is 0 Å². The summed E-state index contributed by atoms with van der Waals surface area (Å²) in [4.78, 5) is 22.2. The minimum Gasteiger partial charge on any atom is -0.494 e. The van der Waals surface area contributed by atoms with Gasteiger partial charge in [-0.05, 0) is 48.2 Å². The molecule has 0 aliphatic heterocycles. The minimum absolute atomic E-state index is 0.0344. The first-order chi connectivity index (χ1) is 12.1. The van der Waals surface area contributed by atoms with E-state index in [-0.39, 0.29) is 3.79 Å². The SMILES string of the molecule is C=CC(=O)OCCCCOc1ccc(-c2ccc(C(=O)I)cc2)cc1. The molecule has 0 spiro atoms. The standard InChI is InChI=1S/C20H19IO4/c1-2-19(22)25-14-4-3-13-24-18-11-9-16(10-12-18)15-5-7-17(8-6-15)20(21)23/h2,5-12H,1,3-4,13-14H2. The van der Waals surface area contributed by atoms with Gasteiger partial charge in [-0.1, -0.05) is 30.8 Å². The fraction of sp³-hybridized carbons (Fsp3) is 0.200. The summed E-state index contributed by atoms with van der Waals surface area (Å²) in [6.07, 6.45) is 2.71. The van der Waals surface area contributed by atoms with Crippen LogP contribution in [0.3, 0.4) is 0 Å². The maximum atomic E-state index is 11.3. The molecule has 2 rings (SSSR count). The van der Waals surface area contributed by atoms with Gasteiger partial charge in [-0.3, -0.25) is 4.79 Å². The van der Waals surface area contributed by atoms with Crippen LogP contribution in [-0.4, -0.2) is 23.0 Å². The number of hydrogen-bond acceptors (Lipinski definition) is 4. The van der Waals surface area contributed by atoms with Crippen LogP contribution in [-0.2, 0) is 9.53 Å². The summed E-state index contributed by atoms with van der Waals surface area (Å²) >= 11 is 1.78. The van der Waals surface area contributed by atoms with Gasteiger partial charge in [-0.2, -0.15) is 0 Å². The molecular weight excluding hydrogens is 431 g/mol. The summed E-state index contributed by atoms with van der Waals surface area (Å²) in [6.45, 7) is 4.29. The van der Waals surface area contributed by atoms with Crippen LogP contribution in [0.25, 0.3) is 11.1 Å². The summed E-state index contributed by atoms with van der Waals surface area (Å²) in [6, 6.07) is 15.3. The van der Waals surface area contributed by atoms with Gasteiger partial charge in [0.05, 0.1) is 13.2 Å². The molecule has 0 aliphatic rings. The highest BCUT2D eigenvalue weighted by molar-refractivity contribution is 14.1. The Morgan fingerprint density at radius 3 is 2.04 bits per heavy atom. The normalized spacial score (nSPS) is 10.1. The van der Waals surface area contributed by atoms with Crippen LogP contribution in [0, 0.1) is 0 Å². The number of carbonyl (C=O) groups excluding carboxylic acids is 2. The first kappa shape index (κ1) is 19.2. The van der Waals surface area contributed by atoms with E-state index >= 15 is 0 Å². The molecule has 2 aromatic carbocycles. The highest BCUT2D eigenvalue weighted by atomic mass is 127. The zero-order valence-corrected chi connectivity index (χ0v) is 15.9. The maximum absolute atomic E-state index is 11.3. The molecule has 5 heteroatoms. The second-order valence-corrected chi connectivity index (χ2v) is 6.28. The second-order valence-electron chi connectivity index (χ2n) is 5.30. The Kier molecular flexibility index (Phi) is 7.66. The van der Waals surface area contributed by atoms with Crippen molar-refractivity contribution in [3.63, 3.8) is 0 Å². The molecule has 4 nitrogen and oxygen atoms in total. The molecule has 0 bridgehead atoms. The molecule has 0 aliphatic carbocycles. The number of carbonyl (C=O) groups is 2. The smallest absolute Gasteiger partial charge is 0.330 e. The molecule has 0 N–H and O–H groups in total. The van der Waals surface area contributed by atoms with Crippen molar-refractivity contribution in [1.82, 2.24) is 0 Å². The highest BCUT2D eigenvalue weighted by Gasteiger charge is 2.03. The average molecular weight is 450 g/mol. The molecule has 0 saturated carbocycles. The lowest BCUT2D eigenvalue weighted by molar-refractivity contribution is -0.137. The predicted octanol–water partition coefficient (Wildman–Crippen LogP) is 4.82. The minimum atomic E-state index is -0.396. The van der Waals surface area contributed by atoms with Crippen molar-refractivity contribution in [2.75, 3.05) is 13.2 Å². The van der Waals surface area contributed by atoms with E-state index in [0.717, 1.165) is 35.8 Å². The van der Waals surface area contributed by atoms with Gasteiger partial charge in [0.25, 0.3) is 0 Å². The fourth-order valence-corrected chi connectivity index (χ4v) is 2.52. The van der Waals surface area contributed by atoms with Crippen molar-refractivity contribution in [2.24, 2.45) is 0 Å². The maximum Gasteiger partial charge on any atom is 0.330 e. The van der Waals surface area contributed by atoms with E-state index in [1.807, 2.05) is 48.5 Å². The first-order valence-corrected chi connectivity index (χ1v) is 9.00. The molecule has 2 aromatic rings. The Morgan fingerprint density at radius 1 is 0.920 bits per heavy atom. The lowest BCUT2D eigenvalue weighted by atomic mass is 10.0. The monoisotopic (exact) mass is 450 g/mol. The third-order valence-electron chi connectivity index (χ3n) is 3.52. The molecule has 0 atom stereocenters. The summed E-state index contributed by atoms with van der Waals surface area (Å²) in [5.74, 6) is 0.401. The molecule has 130 valence electrons. The average Bonchev–Trinajstić information content (AvgIpc) is 2.65. The van der Waals surface area contributed by atoms with Crippen molar-refractivity contribution in [2.45, 2.75) is 12.8 Å². The molecule has 0 radical (unpaired) electrons. The second kappa shape index (κ2) is 9.98. The molecule has 25 heavy (non-hydrogen) atoms. The number of benzene rings is 2. The molecule has 0 heterocycles. The van der Waals surface area contributed by atoms with Gasteiger partial charge in [0.15, 0.2) is 0 Å². The van der Waals surface area contributed by atoms with Crippen LogP contribution >= 0.6 is 22.6 Å². The number of rotatable bonds is 9. The van der Waals surface area contributed by atoms with Crippen molar-refractivity contribution in [3.05, 3.63) is 66.7 Å². The quantitative estimate of drug-likeness (QED) is 0.181. The van der Waals surface area contributed by atoms with Crippen LogP contribution < -0.4 is 4.74 Å². The Hall–Kier alpha value is -2.15. The number of ether oxygens (including phenoxy) is 2. The molecule has 0 unspecified atom stereocenters. The Bertz CT molecular complexity index is 720. The Balaban J connectivity index is 1.78. The van der Waals surface area contributed by atoms with Crippen LogP contribution in [0.5, 0.6) is 5.75 Å². The van der Waals surface area contributed by atoms with E-state index in [9.17, 15) is 9.59 Å². The van der Waals surface area contributed by atoms with E-state index in [4.69, 9.17) is 9.47 Å². The lowest BCUT2D eigenvalue weighted by Crippen LogP contribution is -2.04. The van der Waals surface area contributed by atoms with E-state index in [1.165, 1.54) is 0 Å². The van der Waals surface area contributed by atoms with E-state index in [2.05, 4.69) is 6.58 Å². The summed E-state index contributed by atoms with van der Waals surface area (Å²) in [5.41, 5.74) is 2.82. The Labute approximate surface area is 161 Å². The van der Waals surface area contributed by atoms with Crippen LogP contribution in [0.15, 0.2) is 61.2 Å². The zero-order chi connectivity index (χ0) is 18.1. The Morgan fingerprint density at radius 2 is 1.48 bits per heavy atom. The highest BCUT2D eigenvalue weighted by Crippen LogP contribution is 2.23. The molecule has 0 aromatic heterocycles. The van der Waals surface area contributed by atoms with E-state index in [0.29, 0.717) is 18.8 Å². The van der Waals surface area contributed by atoms with Gasteiger partial charge in [-0.25, -0.2) is 4.79 Å². The van der Waals surface area contributed by atoms with Gasteiger partial charge in [0.1, 0.15) is 5.75 Å². The van der Waals surface area contributed by atoms with Crippen molar-refractivity contribution in [3.8, 4) is 16.9 Å². The van der Waals surface area contributed by atoms with Gasteiger partial charge < -0.3 is 9.47 Å². The number of hydrogen-bond donors (Lipinski definition) is 0. The molecular formula is C20H19IO4. The van der Waals surface area contributed by atoms with Gasteiger partial charge in [0, 0.05) is 34.2 Å². The summed E-state index contributed by atoms with van der Waals surface area (Å²) in [7, 11) is 0. The number of halogens is 1. The van der Waals surface area contributed by atoms with Crippen LogP contribution in [0.1, 0.15) is 23.2 Å². The molecule has 0 saturated heterocycles. The van der Waals surface area contributed by atoms with E-state index in [1.54, 1.807) is 22.6 Å². The first-order valence-electron chi connectivity index (χ1n) is 7.92. The molecule has 0 amide bonds. The number of unbranched alkanes of at least 4 members (excludes halogenated alkanes) is 1. The van der Waals surface area contributed by atoms with E-state index < -0.39 is 5.97 Å². The number of esters is 1. The van der Waals surface area contributed by atoms with Crippen molar-refractivity contribution < 1.29 is 19.1 Å². The van der Waals surface area contributed by atoms with Crippen molar-refractivity contribution >= 4 is 32.4 Å². The third-order valence-corrected chi connectivity index (χ3v) is 4.14. The third kappa shape index (κ3) is 6.34. The largest absolute Gasteiger partial charge is 0.494 e. The fourth-order valence-electron chi connectivity index (χ4n) is 2.16. The van der Waals surface area contributed by atoms with Crippen molar-refractivity contribution in [1.29, 1.82) is 0 Å². The summed E-state index contributed by atoms with van der Waals surface area (Å²) < 4.78 is 10.6.